The fraction of sp³-hybridized carbons (Fsp3) is 0.105. The van der Waals surface area contributed by atoms with Crippen LogP contribution in [0.1, 0.15) is 27.3 Å². The van der Waals surface area contributed by atoms with Gasteiger partial charge in [0.1, 0.15) is 11.9 Å². The van der Waals surface area contributed by atoms with Crippen molar-refractivity contribution in [2.75, 3.05) is 16.3 Å². The maximum Gasteiger partial charge on any atom is 0.257 e. The number of anilines is 2. The molecular weight excluding hydrogens is 433 g/mol. The van der Waals surface area contributed by atoms with Crippen LogP contribution in [0.4, 0.5) is 15.8 Å². The highest BCUT2D eigenvalue weighted by molar-refractivity contribution is 7.92. The van der Waals surface area contributed by atoms with E-state index in [0.717, 1.165) is 18.5 Å². The van der Waals surface area contributed by atoms with Crippen molar-refractivity contribution in [3.63, 3.8) is 0 Å². The lowest BCUT2D eigenvalue weighted by molar-refractivity contribution is 0.102. The van der Waals surface area contributed by atoms with Crippen LogP contribution in [0.15, 0.2) is 42.7 Å². The molecule has 0 saturated heterocycles. The summed E-state index contributed by atoms with van der Waals surface area (Å²) in [6.45, 7) is 0. The lowest BCUT2D eigenvalue weighted by Crippen LogP contribution is -2.13. The number of H-pyrrole nitrogens is 1. The van der Waals surface area contributed by atoms with Gasteiger partial charge in [0, 0.05) is 29.0 Å². The van der Waals surface area contributed by atoms with E-state index in [4.69, 9.17) is 16.9 Å². The standard InChI is InChI=1S/C19H15ClFN5O3S/c1-30(28,29)26-17-5-13(20)4-16(6-17)25-19(27)12-3-15(23-9-12)7-18-11(8-22)2-14(21)10-24-18/h2-6,9-10,23,26H,7H2,1H3,(H,25,27). The van der Waals surface area contributed by atoms with E-state index in [1.165, 1.54) is 24.4 Å². The molecule has 2 aromatic heterocycles. The number of carbonyl (C=O) groups is 1. The summed E-state index contributed by atoms with van der Waals surface area (Å²) in [5.41, 5.74) is 1.89. The van der Waals surface area contributed by atoms with Gasteiger partial charge in [-0.05, 0) is 30.3 Å². The lowest BCUT2D eigenvalue weighted by Gasteiger charge is -2.09. The molecule has 0 aliphatic heterocycles. The van der Waals surface area contributed by atoms with Gasteiger partial charge in [-0.3, -0.25) is 14.5 Å². The summed E-state index contributed by atoms with van der Waals surface area (Å²) in [4.78, 5) is 19.4. The number of nitrogens with one attached hydrogen (secondary N) is 3. The summed E-state index contributed by atoms with van der Waals surface area (Å²) < 4.78 is 38.3. The Bertz CT molecular complexity index is 1270. The molecule has 0 bridgehead atoms. The molecule has 1 amide bonds. The number of benzene rings is 1. The Morgan fingerprint density at radius 3 is 2.70 bits per heavy atom. The summed E-state index contributed by atoms with van der Waals surface area (Å²) >= 11 is 5.99. The van der Waals surface area contributed by atoms with E-state index in [2.05, 4.69) is 20.0 Å². The first kappa shape index (κ1) is 21.3. The van der Waals surface area contributed by atoms with Gasteiger partial charge in [0.2, 0.25) is 10.0 Å². The Balaban J connectivity index is 1.75. The fourth-order valence-corrected chi connectivity index (χ4v) is 3.48. The molecule has 3 N–H and O–H groups in total. The molecule has 0 spiro atoms. The predicted molar refractivity (Wildman–Crippen MR) is 110 cm³/mol. The Labute approximate surface area is 176 Å². The normalized spacial score (nSPS) is 11.0. The van der Waals surface area contributed by atoms with Crippen molar-refractivity contribution in [3.8, 4) is 6.07 Å². The quantitative estimate of drug-likeness (QED) is 0.534. The van der Waals surface area contributed by atoms with Gasteiger partial charge >= 0.3 is 0 Å². The predicted octanol–water partition coefficient (Wildman–Crippen LogP) is 3.29. The maximum absolute atomic E-state index is 13.2. The number of nitriles is 1. The molecule has 0 saturated carbocycles. The number of sulfonamides is 1. The summed E-state index contributed by atoms with van der Waals surface area (Å²) in [5, 5.41) is 12.0. The molecule has 11 heteroatoms. The van der Waals surface area contributed by atoms with Crippen molar-refractivity contribution in [1.82, 2.24) is 9.97 Å². The largest absolute Gasteiger partial charge is 0.364 e. The minimum absolute atomic E-state index is 0.112. The summed E-state index contributed by atoms with van der Waals surface area (Å²) in [5.74, 6) is -1.06. The second kappa shape index (κ2) is 8.52. The molecule has 0 fully saturated rings. The van der Waals surface area contributed by atoms with Crippen LogP contribution in [-0.2, 0) is 16.4 Å². The van der Waals surface area contributed by atoms with Crippen molar-refractivity contribution in [1.29, 1.82) is 5.26 Å². The molecule has 154 valence electrons. The van der Waals surface area contributed by atoms with Crippen molar-refractivity contribution in [2.24, 2.45) is 0 Å². The molecule has 0 radical (unpaired) electrons. The van der Waals surface area contributed by atoms with Gasteiger partial charge in [0.25, 0.3) is 5.91 Å². The molecule has 30 heavy (non-hydrogen) atoms. The van der Waals surface area contributed by atoms with Crippen molar-refractivity contribution in [3.05, 3.63) is 76.1 Å². The number of amides is 1. The number of hydrogen-bond acceptors (Lipinski definition) is 5. The first-order valence-corrected chi connectivity index (χ1v) is 10.7. The van der Waals surface area contributed by atoms with E-state index in [1.807, 2.05) is 6.07 Å². The zero-order valence-electron chi connectivity index (χ0n) is 15.5. The van der Waals surface area contributed by atoms with Crippen molar-refractivity contribution >= 4 is 38.9 Å². The highest BCUT2D eigenvalue weighted by atomic mass is 35.5. The highest BCUT2D eigenvalue weighted by Crippen LogP contribution is 2.24. The molecule has 8 nitrogen and oxygen atoms in total. The van der Waals surface area contributed by atoms with Crippen molar-refractivity contribution in [2.45, 2.75) is 6.42 Å². The van der Waals surface area contributed by atoms with E-state index >= 15 is 0 Å². The second-order valence-electron chi connectivity index (χ2n) is 6.41. The Morgan fingerprint density at radius 2 is 2.00 bits per heavy atom. The van der Waals surface area contributed by atoms with Crippen LogP contribution in [0.3, 0.4) is 0 Å². The van der Waals surface area contributed by atoms with Crippen LogP contribution < -0.4 is 10.0 Å². The van der Waals surface area contributed by atoms with E-state index in [1.54, 1.807) is 6.07 Å². The Morgan fingerprint density at radius 1 is 1.27 bits per heavy atom. The average molecular weight is 448 g/mol. The minimum Gasteiger partial charge on any atom is -0.364 e. The zero-order chi connectivity index (χ0) is 21.9. The number of halogens is 2. The zero-order valence-corrected chi connectivity index (χ0v) is 17.1. The summed E-state index contributed by atoms with van der Waals surface area (Å²) in [7, 11) is -3.50. The number of nitrogens with zero attached hydrogens (tertiary/aromatic N) is 2. The number of carbonyl (C=O) groups excluding carboxylic acids is 1. The van der Waals surface area contributed by atoms with E-state index in [9.17, 15) is 17.6 Å². The number of hydrogen-bond donors (Lipinski definition) is 3. The molecule has 2 heterocycles. The van der Waals surface area contributed by atoms with Crippen LogP contribution in [0.5, 0.6) is 0 Å². The molecule has 0 aliphatic carbocycles. The van der Waals surface area contributed by atoms with E-state index in [-0.39, 0.29) is 22.7 Å². The average Bonchev–Trinajstić information content (AvgIpc) is 3.10. The smallest absolute Gasteiger partial charge is 0.257 e. The van der Waals surface area contributed by atoms with Crippen LogP contribution in [0, 0.1) is 17.1 Å². The van der Waals surface area contributed by atoms with E-state index in [0.29, 0.717) is 22.6 Å². The number of aromatic amines is 1. The number of pyridine rings is 1. The fourth-order valence-electron chi connectivity index (χ4n) is 2.70. The third-order valence-corrected chi connectivity index (χ3v) is 4.70. The highest BCUT2D eigenvalue weighted by Gasteiger charge is 2.13. The van der Waals surface area contributed by atoms with E-state index < -0.39 is 21.7 Å². The molecule has 0 aliphatic rings. The second-order valence-corrected chi connectivity index (χ2v) is 8.59. The van der Waals surface area contributed by atoms with Gasteiger partial charge in [0.15, 0.2) is 0 Å². The lowest BCUT2D eigenvalue weighted by atomic mass is 10.1. The SMILES string of the molecule is CS(=O)(=O)Nc1cc(Cl)cc(NC(=O)c2c[nH]c(Cc3ncc(F)cc3C#N)c2)c1. The van der Waals surface area contributed by atoms with Crippen LogP contribution in [0.2, 0.25) is 5.02 Å². The van der Waals surface area contributed by atoms with Gasteiger partial charge in [-0.2, -0.15) is 5.26 Å². The first-order chi connectivity index (χ1) is 14.1. The summed E-state index contributed by atoms with van der Waals surface area (Å²) in [6, 6.07) is 8.87. The summed E-state index contributed by atoms with van der Waals surface area (Å²) in [6.07, 6.45) is 3.70. The number of rotatable bonds is 6. The molecular formula is C19H15ClFN5O3S. The topological polar surface area (TPSA) is 128 Å². The maximum atomic E-state index is 13.2. The molecule has 3 aromatic rings. The number of aromatic nitrogens is 2. The van der Waals surface area contributed by atoms with Gasteiger partial charge in [-0.1, -0.05) is 11.6 Å². The van der Waals surface area contributed by atoms with Gasteiger partial charge in [-0.15, -0.1) is 0 Å². The monoisotopic (exact) mass is 447 g/mol. The van der Waals surface area contributed by atoms with Crippen LogP contribution in [-0.4, -0.2) is 30.5 Å². The van der Waals surface area contributed by atoms with Gasteiger partial charge in [-0.25, -0.2) is 12.8 Å². The van der Waals surface area contributed by atoms with Crippen LogP contribution >= 0.6 is 11.6 Å². The molecule has 0 unspecified atom stereocenters. The first-order valence-electron chi connectivity index (χ1n) is 8.44. The Hall–Kier alpha value is -3.42. The molecule has 1 aromatic carbocycles. The Kier molecular flexibility index (Phi) is 6.05. The third kappa shape index (κ3) is 5.56. The van der Waals surface area contributed by atoms with Gasteiger partial charge < -0.3 is 10.3 Å². The third-order valence-electron chi connectivity index (χ3n) is 3.88. The van der Waals surface area contributed by atoms with Crippen LogP contribution in [0.25, 0.3) is 0 Å². The van der Waals surface area contributed by atoms with Gasteiger partial charge in [0.05, 0.1) is 35.0 Å². The molecule has 3 rings (SSSR count). The minimum atomic E-state index is -3.50. The van der Waals surface area contributed by atoms with Crippen molar-refractivity contribution < 1.29 is 17.6 Å². The molecule has 0 atom stereocenters.